The molecule has 1 heterocycles. The number of ether oxygens (including phenoxy) is 1. The second kappa shape index (κ2) is 9.96. The molecule has 0 radical (unpaired) electrons. The minimum atomic E-state index is -0.398. The number of nitrogens with zero attached hydrogens (tertiary/aromatic N) is 3. The average molecular weight is 438 g/mol. The van der Waals surface area contributed by atoms with Crippen molar-refractivity contribution in [2.24, 2.45) is 7.05 Å². The Hall–Kier alpha value is -3.19. The molecule has 3 rings (SSSR count). The Balaban J connectivity index is 1.91. The van der Waals surface area contributed by atoms with Crippen LogP contribution in [0, 0.1) is 25.1 Å². The van der Waals surface area contributed by atoms with Crippen molar-refractivity contribution in [3.05, 3.63) is 64.7 Å². The second-order valence-corrected chi connectivity index (χ2v) is 8.21. The number of aryl methyl sites for hydroxylation is 2. The predicted molar refractivity (Wildman–Crippen MR) is 129 cm³/mol. The third-order valence-corrected chi connectivity index (χ3v) is 5.62. The zero-order valence-corrected chi connectivity index (χ0v) is 19.7. The summed E-state index contributed by atoms with van der Waals surface area (Å²) in [6.07, 6.45) is 0.650. The van der Waals surface area contributed by atoms with Gasteiger partial charge in [-0.1, -0.05) is 18.2 Å². The lowest BCUT2D eigenvalue weighted by Crippen LogP contribution is -2.22. The third kappa shape index (κ3) is 4.99. The molecular formula is C25H32FN5O. The summed E-state index contributed by atoms with van der Waals surface area (Å²) in [4.78, 5) is 1.95. The van der Waals surface area contributed by atoms with Gasteiger partial charge in [0, 0.05) is 49.6 Å². The molecule has 2 N–H and O–H groups in total. The monoisotopic (exact) mass is 437 g/mol. The summed E-state index contributed by atoms with van der Waals surface area (Å²) in [5.41, 5.74) is 6.81. The van der Waals surface area contributed by atoms with Crippen LogP contribution in [-0.2, 0) is 13.5 Å². The van der Waals surface area contributed by atoms with E-state index in [-0.39, 0.29) is 5.75 Å². The molecule has 6 nitrogen and oxygen atoms in total. The smallest absolute Gasteiger partial charge is 0.165 e. The van der Waals surface area contributed by atoms with E-state index in [1.165, 1.54) is 6.07 Å². The van der Waals surface area contributed by atoms with Gasteiger partial charge in [-0.05, 0) is 57.3 Å². The molecule has 0 atom stereocenters. The van der Waals surface area contributed by atoms with E-state index >= 15 is 0 Å². The molecule has 7 heteroatoms. The summed E-state index contributed by atoms with van der Waals surface area (Å²) in [6, 6.07) is 10.7. The average Bonchev–Trinajstić information content (AvgIpc) is 2.99. The van der Waals surface area contributed by atoms with Crippen molar-refractivity contribution in [3.63, 3.8) is 0 Å². The van der Waals surface area contributed by atoms with E-state index < -0.39 is 5.82 Å². The lowest BCUT2D eigenvalue weighted by atomic mass is 9.98. The Morgan fingerprint density at radius 2 is 1.97 bits per heavy atom. The van der Waals surface area contributed by atoms with Crippen LogP contribution in [0.2, 0.25) is 0 Å². The molecule has 3 aromatic rings. The summed E-state index contributed by atoms with van der Waals surface area (Å²) in [5, 5.41) is 16.1. The molecule has 2 aromatic carbocycles. The molecule has 0 fully saturated rings. The molecule has 0 aliphatic carbocycles. The van der Waals surface area contributed by atoms with Crippen molar-refractivity contribution in [1.82, 2.24) is 14.7 Å². The summed E-state index contributed by atoms with van der Waals surface area (Å²) >= 11 is 0. The maximum absolute atomic E-state index is 14.8. The topological polar surface area (TPSA) is 66.2 Å². The van der Waals surface area contributed by atoms with Crippen molar-refractivity contribution in [2.45, 2.75) is 20.3 Å². The Kier molecular flexibility index (Phi) is 7.30. The second-order valence-electron chi connectivity index (χ2n) is 8.21. The highest BCUT2D eigenvalue weighted by molar-refractivity contribution is 6.05. The van der Waals surface area contributed by atoms with Gasteiger partial charge in [0.1, 0.15) is 0 Å². The van der Waals surface area contributed by atoms with Gasteiger partial charge in [-0.2, -0.15) is 5.10 Å². The Morgan fingerprint density at radius 1 is 1.22 bits per heavy atom. The Labute approximate surface area is 189 Å². The predicted octanol–water partition coefficient (Wildman–Crippen LogP) is 4.44. The van der Waals surface area contributed by atoms with E-state index in [1.54, 1.807) is 6.07 Å². The van der Waals surface area contributed by atoms with Crippen LogP contribution in [0.25, 0.3) is 11.1 Å². The maximum Gasteiger partial charge on any atom is 0.165 e. The quantitative estimate of drug-likeness (QED) is 0.486. The van der Waals surface area contributed by atoms with Gasteiger partial charge in [0.15, 0.2) is 11.6 Å². The molecule has 32 heavy (non-hydrogen) atoms. The maximum atomic E-state index is 14.8. The van der Waals surface area contributed by atoms with E-state index in [9.17, 15) is 4.39 Å². The summed E-state index contributed by atoms with van der Waals surface area (Å²) < 4.78 is 22.6. The van der Waals surface area contributed by atoms with Crippen LogP contribution < -0.4 is 10.1 Å². The van der Waals surface area contributed by atoms with Gasteiger partial charge < -0.3 is 20.4 Å². The molecule has 0 saturated heterocycles. The van der Waals surface area contributed by atoms with Gasteiger partial charge in [0.05, 0.1) is 18.0 Å². The molecular weight excluding hydrogens is 405 g/mol. The van der Waals surface area contributed by atoms with E-state index in [4.69, 9.17) is 10.1 Å². The van der Waals surface area contributed by atoms with Crippen LogP contribution in [-0.4, -0.2) is 54.7 Å². The molecule has 1 aromatic heterocycles. The van der Waals surface area contributed by atoms with Crippen LogP contribution >= 0.6 is 0 Å². The number of halogens is 1. The lowest BCUT2D eigenvalue weighted by Gasteiger charge is -2.17. The van der Waals surface area contributed by atoms with E-state index in [0.29, 0.717) is 30.8 Å². The van der Waals surface area contributed by atoms with E-state index in [0.717, 1.165) is 33.8 Å². The minimum Gasteiger partial charge on any atom is -0.490 e. The van der Waals surface area contributed by atoms with Crippen LogP contribution in [0.3, 0.4) is 0 Å². The Bertz CT molecular complexity index is 1120. The molecule has 0 saturated carbocycles. The molecule has 0 bridgehead atoms. The van der Waals surface area contributed by atoms with Crippen molar-refractivity contribution < 1.29 is 9.13 Å². The third-order valence-electron chi connectivity index (χ3n) is 5.62. The van der Waals surface area contributed by atoms with Gasteiger partial charge in [-0.15, -0.1) is 0 Å². The fourth-order valence-electron chi connectivity index (χ4n) is 3.90. The number of hydrogen-bond donors (Lipinski definition) is 2. The lowest BCUT2D eigenvalue weighted by molar-refractivity contribution is 0.306. The largest absolute Gasteiger partial charge is 0.490 e. The van der Waals surface area contributed by atoms with Crippen molar-refractivity contribution in [1.29, 1.82) is 5.41 Å². The first kappa shape index (κ1) is 23.5. The van der Waals surface area contributed by atoms with Crippen molar-refractivity contribution >= 4 is 11.4 Å². The van der Waals surface area contributed by atoms with Crippen molar-refractivity contribution in [2.75, 3.05) is 39.6 Å². The zero-order chi connectivity index (χ0) is 23.4. The molecule has 0 spiro atoms. The minimum absolute atomic E-state index is 0.231. The number of hydrogen-bond acceptors (Lipinski definition) is 5. The summed E-state index contributed by atoms with van der Waals surface area (Å²) in [7, 11) is 7.62. The Morgan fingerprint density at radius 3 is 2.59 bits per heavy atom. The first-order valence-electron chi connectivity index (χ1n) is 10.7. The van der Waals surface area contributed by atoms with Crippen LogP contribution in [0.1, 0.15) is 22.5 Å². The van der Waals surface area contributed by atoms with E-state index in [2.05, 4.69) is 10.4 Å². The molecule has 0 aliphatic heterocycles. The number of aromatic nitrogens is 2. The van der Waals surface area contributed by atoms with E-state index in [1.807, 2.05) is 75.9 Å². The van der Waals surface area contributed by atoms with Gasteiger partial charge in [0.2, 0.25) is 0 Å². The molecule has 0 aliphatic rings. The number of benzene rings is 2. The van der Waals surface area contributed by atoms with Gasteiger partial charge in [-0.25, -0.2) is 4.39 Å². The normalized spacial score (nSPS) is 11.1. The van der Waals surface area contributed by atoms with Crippen molar-refractivity contribution in [3.8, 4) is 16.9 Å². The number of para-hydroxylation sites is 1. The number of likely N-dealkylation sites (N-methyl/N-ethyl adjacent to an activating group) is 1. The van der Waals surface area contributed by atoms with Gasteiger partial charge in [0.25, 0.3) is 0 Å². The highest BCUT2D eigenvalue weighted by Crippen LogP contribution is 2.34. The first-order valence-corrected chi connectivity index (χ1v) is 10.7. The fraction of sp³-hybridized carbons (Fsp3) is 0.360. The highest BCUT2D eigenvalue weighted by atomic mass is 19.1. The fourth-order valence-corrected chi connectivity index (χ4v) is 3.90. The molecule has 0 amide bonds. The van der Waals surface area contributed by atoms with Crippen LogP contribution in [0.5, 0.6) is 5.75 Å². The highest BCUT2D eigenvalue weighted by Gasteiger charge is 2.16. The number of nitrogens with one attached hydrogen (secondary N) is 2. The van der Waals surface area contributed by atoms with Gasteiger partial charge >= 0.3 is 0 Å². The molecule has 0 unspecified atom stereocenters. The number of anilines is 1. The summed E-state index contributed by atoms with van der Waals surface area (Å²) in [6.45, 7) is 4.86. The number of rotatable bonds is 9. The van der Waals surface area contributed by atoms with Crippen LogP contribution in [0.4, 0.5) is 10.1 Å². The zero-order valence-electron chi connectivity index (χ0n) is 19.7. The first-order chi connectivity index (χ1) is 15.2. The van der Waals surface area contributed by atoms with Gasteiger partial charge in [-0.3, -0.25) is 4.68 Å². The van der Waals surface area contributed by atoms with Crippen LogP contribution in [0.15, 0.2) is 36.4 Å². The summed E-state index contributed by atoms with van der Waals surface area (Å²) in [5.74, 6) is -0.168. The SMILES string of the molecule is CNc1ccc(-c2cccc(F)c2OCCc2c(C)nn(C)c2C)cc1C(=N)CN(C)C. The standard InChI is InChI=1S/C25H32FN5O/c1-16-19(17(2)31(6)29-16)12-13-32-25-20(8-7-9-22(25)26)18-10-11-24(28-3)21(14-18)23(27)15-30(4)5/h7-11,14,27-28H,12-13,15H2,1-6H3. The molecule has 170 valence electrons.